The number of thiazole rings is 1. The van der Waals surface area contributed by atoms with Gasteiger partial charge in [0.2, 0.25) is 5.91 Å². The Balaban J connectivity index is 1.73. The number of nitrogens with one attached hydrogen (secondary N) is 1. The highest BCUT2D eigenvalue weighted by Gasteiger charge is 2.07. The Bertz CT molecular complexity index is 628. The molecule has 0 aliphatic heterocycles. The van der Waals surface area contributed by atoms with Crippen molar-refractivity contribution in [2.24, 2.45) is 0 Å². The molecule has 1 aromatic heterocycles. The third kappa shape index (κ3) is 5.13. The van der Waals surface area contributed by atoms with Crippen LogP contribution in [0.5, 0.6) is 0 Å². The number of amides is 1. The van der Waals surface area contributed by atoms with Gasteiger partial charge in [-0.3, -0.25) is 4.79 Å². The van der Waals surface area contributed by atoms with Crippen molar-refractivity contribution in [3.05, 3.63) is 45.7 Å². The molecule has 0 unspecified atom stereocenters. The number of aromatic nitrogens is 1. The number of carbonyl (C=O) groups excluding carboxylic acids is 1. The second-order valence-corrected chi connectivity index (χ2v) is 6.86. The van der Waals surface area contributed by atoms with Gasteiger partial charge >= 0.3 is 0 Å². The molecule has 0 fully saturated rings. The molecule has 0 aliphatic carbocycles. The van der Waals surface area contributed by atoms with E-state index in [9.17, 15) is 9.18 Å². The standard InChI is InChI=1S/C15H17FN2OS2/c1-10-3-4-13(16)14(7-10)18-15(19)5-6-20-8-12-9-21-11(2)17-12/h3-4,7,9H,5-6,8H2,1-2H3,(H,18,19). The SMILES string of the molecule is Cc1ccc(F)c(NC(=O)CCSCc2csc(C)n2)c1. The first-order valence-corrected chi connectivity index (χ1v) is 8.63. The monoisotopic (exact) mass is 324 g/mol. The lowest BCUT2D eigenvalue weighted by molar-refractivity contribution is -0.115. The minimum absolute atomic E-state index is 0.165. The smallest absolute Gasteiger partial charge is 0.225 e. The first kappa shape index (κ1) is 16.0. The van der Waals surface area contributed by atoms with Crippen LogP contribution in [0.25, 0.3) is 0 Å². The summed E-state index contributed by atoms with van der Waals surface area (Å²) in [4.78, 5) is 16.2. The van der Waals surface area contributed by atoms with Gasteiger partial charge in [0.15, 0.2) is 0 Å². The molecule has 0 atom stereocenters. The zero-order chi connectivity index (χ0) is 15.2. The molecule has 1 N–H and O–H groups in total. The number of benzene rings is 1. The number of thioether (sulfide) groups is 1. The van der Waals surface area contributed by atoms with Gasteiger partial charge in [-0.25, -0.2) is 9.37 Å². The summed E-state index contributed by atoms with van der Waals surface area (Å²) in [5.41, 5.74) is 2.22. The van der Waals surface area contributed by atoms with Crippen molar-refractivity contribution in [2.45, 2.75) is 26.0 Å². The quantitative estimate of drug-likeness (QED) is 0.811. The highest BCUT2D eigenvalue weighted by Crippen LogP contribution is 2.18. The van der Waals surface area contributed by atoms with Crippen LogP contribution in [-0.2, 0) is 10.5 Å². The first-order valence-electron chi connectivity index (χ1n) is 6.59. The highest BCUT2D eigenvalue weighted by atomic mass is 32.2. The van der Waals surface area contributed by atoms with E-state index in [4.69, 9.17) is 0 Å². The molecule has 1 amide bonds. The van der Waals surface area contributed by atoms with Gasteiger partial charge in [-0.05, 0) is 31.5 Å². The summed E-state index contributed by atoms with van der Waals surface area (Å²) in [5, 5.41) is 5.70. The molecule has 0 spiro atoms. The maximum Gasteiger partial charge on any atom is 0.225 e. The Morgan fingerprint density at radius 2 is 2.24 bits per heavy atom. The summed E-state index contributed by atoms with van der Waals surface area (Å²) in [5.74, 6) is 0.924. The Morgan fingerprint density at radius 1 is 1.43 bits per heavy atom. The van der Waals surface area contributed by atoms with Crippen LogP contribution in [0.3, 0.4) is 0 Å². The third-order valence-corrected chi connectivity index (χ3v) is 4.60. The average molecular weight is 324 g/mol. The van der Waals surface area contributed by atoms with Crippen molar-refractivity contribution in [1.29, 1.82) is 0 Å². The van der Waals surface area contributed by atoms with E-state index in [1.807, 2.05) is 19.2 Å². The topological polar surface area (TPSA) is 42.0 Å². The van der Waals surface area contributed by atoms with Gasteiger partial charge in [-0.2, -0.15) is 11.8 Å². The van der Waals surface area contributed by atoms with Crippen molar-refractivity contribution in [2.75, 3.05) is 11.1 Å². The van der Waals surface area contributed by atoms with E-state index >= 15 is 0 Å². The van der Waals surface area contributed by atoms with Crippen molar-refractivity contribution in [3.8, 4) is 0 Å². The van der Waals surface area contributed by atoms with Crippen LogP contribution in [0, 0.1) is 19.7 Å². The van der Waals surface area contributed by atoms with Gasteiger partial charge in [-0.15, -0.1) is 11.3 Å². The van der Waals surface area contributed by atoms with Crippen molar-refractivity contribution in [1.82, 2.24) is 4.98 Å². The van der Waals surface area contributed by atoms with E-state index in [0.717, 1.165) is 22.0 Å². The highest BCUT2D eigenvalue weighted by molar-refractivity contribution is 7.98. The van der Waals surface area contributed by atoms with Crippen molar-refractivity contribution >= 4 is 34.7 Å². The van der Waals surface area contributed by atoms with Crippen LogP contribution in [0.4, 0.5) is 10.1 Å². The lowest BCUT2D eigenvalue weighted by Crippen LogP contribution is -2.13. The van der Waals surface area contributed by atoms with Gasteiger partial charge in [-0.1, -0.05) is 6.07 Å². The summed E-state index contributed by atoms with van der Waals surface area (Å²) in [6.07, 6.45) is 0.362. The number of anilines is 1. The predicted octanol–water partition coefficient (Wildman–Crippen LogP) is 4.16. The Kier molecular flexibility index (Phi) is 5.76. The molecule has 2 aromatic rings. The molecule has 3 nitrogen and oxygen atoms in total. The maximum absolute atomic E-state index is 13.5. The normalized spacial score (nSPS) is 10.6. The van der Waals surface area contributed by atoms with Crippen LogP contribution in [-0.4, -0.2) is 16.6 Å². The van der Waals surface area contributed by atoms with E-state index in [1.165, 1.54) is 6.07 Å². The lowest BCUT2D eigenvalue weighted by Gasteiger charge is -2.07. The van der Waals surface area contributed by atoms with Gasteiger partial charge in [0.25, 0.3) is 0 Å². The summed E-state index contributed by atoms with van der Waals surface area (Å²) in [6, 6.07) is 4.68. The summed E-state index contributed by atoms with van der Waals surface area (Å²) < 4.78 is 13.5. The van der Waals surface area contributed by atoms with Gasteiger partial charge in [0.05, 0.1) is 16.4 Å². The fourth-order valence-electron chi connectivity index (χ4n) is 1.76. The van der Waals surface area contributed by atoms with Crippen LogP contribution >= 0.6 is 23.1 Å². The Hall–Kier alpha value is -1.40. The van der Waals surface area contributed by atoms with E-state index in [-0.39, 0.29) is 11.6 Å². The minimum atomic E-state index is -0.403. The minimum Gasteiger partial charge on any atom is -0.324 e. The zero-order valence-electron chi connectivity index (χ0n) is 12.0. The van der Waals surface area contributed by atoms with E-state index < -0.39 is 5.82 Å². The zero-order valence-corrected chi connectivity index (χ0v) is 13.6. The molecule has 21 heavy (non-hydrogen) atoms. The number of hydrogen-bond donors (Lipinski definition) is 1. The number of hydrogen-bond acceptors (Lipinski definition) is 4. The van der Waals surface area contributed by atoms with Crippen molar-refractivity contribution in [3.63, 3.8) is 0 Å². The molecule has 0 saturated heterocycles. The second-order valence-electron chi connectivity index (χ2n) is 4.69. The molecule has 0 saturated carbocycles. The molecule has 0 bridgehead atoms. The van der Waals surface area contributed by atoms with Crippen molar-refractivity contribution < 1.29 is 9.18 Å². The maximum atomic E-state index is 13.5. The largest absolute Gasteiger partial charge is 0.324 e. The van der Waals surface area contributed by atoms with Crippen LogP contribution in [0.1, 0.15) is 22.7 Å². The van der Waals surface area contributed by atoms with E-state index in [0.29, 0.717) is 12.2 Å². The first-order chi connectivity index (χ1) is 10.0. The van der Waals surface area contributed by atoms with Crippen LogP contribution < -0.4 is 5.32 Å². The van der Waals surface area contributed by atoms with E-state index in [2.05, 4.69) is 10.3 Å². The predicted molar refractivity (Wildman–Crippen MR) is 87.4 cm³/mol. The fourth-order valence-corrected chi connectivity index (χ4v) is 3.31. The summed E-state index contributed by atoms with van der Waals surface area (Å²) >= 11 is 3.28. The molecule has 0 aliphatic rings. The molecule has 6 heteroatoms. The summed E-state index contributed by atoms with van der Waals surface area (Å²) in [7, 11) is 0. The number of halogens is 1. The Morgan fingerprint density at radius 3 is 2.95 bits per heavy atom. The Labute approximate surface area is 132 Å². The molecule has 1 aromatic carbocycles. The van der Waals surface area contributed by atoms with E-state index in [1.54, 1.807) is 35.2 Å². The van der Waals surface area contributed by atoms with Crippen LogP contribution in [0.15, 0.2) is 23.6 Å². The van der Waals surface area contributed by atoms with Gasteiger partial charge in [0.1, 0.15) is 5.82 Å². The summed E-state index contributed by atoms with van der Waals surface area (Å²) in [6.45, 7) is 3.84. The second kappa shape index (κ2) is 7.56. The fraction of sp³-hybridized carbons (Fsp3) is 0.333. The molecule has 112 valence electrons. The van der Waals surface area contributed by atoms with Gasteiger partial charge in [0, 0.05) is 23.3 Å². The molecule has 0 radical (unpaired) electrons. The number of aryl methyl sites for hydroxylation is 2. The molecule has 2 rings (SSSR count). The number of carbonyl (C=O) groups is 1. The third-order valence-electron chi connectivity index (χ3n) is 2.79. The average Bonchev–Trinajstić information content (AvgIpc) is 2.85. The molecular formula is C15H17FN2OS2. The van der Waals surface area contributed by atoms with Gasteiger partial charge < -0.3 is 5.32 Å². The van der Waals surface area contributed by atoms with Crippen LogP contribution in [0.2, 0.25) is 0 Å². The number of nitrogens with zero attached hydrogens (tertiary/aromatic N) is 1. The molecule has 1 heterocycles. The molecular weight excluding hydrogens is 307 g/mol. The lowest BCUT2D eigenvalue weighted by atomic mass is 10.2. The number of rotatable bonds is 6.